The van der Waals surface area contributed by atoms with E-state index in [0.29, 0.717) is 35.2 Å². The van der Waals surface area contributed by atoms with Crippen molar-refractivity contribution < 1.29 is 50.0 Å². The predicted octanol–water partition coefficient (Wildman–Crippen LogP) is 4.99. The van der Waals surface area contributed by atoms with E-state index in [1.165, 1.54) is 43.5 Å². The number of carbonyl (C=O) groups excluding carboxylic acids is 1. The van der Waals surface area contributed by atoms with Gasteiger partial charge in [-0.2, -0.15) is 18.2 Å². The lowest BCUT2D eigenvalue weighted by atomic mass is 10.0. The lowest BCUT2D eigenvalue weighted by Gasteiger charge is -2.18. The van der Waals surface area contributed by atoms with E-state index in [1.807, 2.05) is 0 Å². The van der Waals surface area contributed by atoms with Gasteiger partial charge in [0.15, 0.2) is 0 Å². The number of anilines is 4. The Kier molecular flexibility index (Phi) is 9.22. The van der Waals surface area contributed by atoms with Crippen molar-refractivity contribution in [1.82, 2.24) is 15.4 Å². The number of amides is 1. The van der Waals surface area contributed by atoms with Crippen LogP contribution in [0.15, 0.2) is 42.6 Å². The van der Waals surface area contributed by atoms with Gasteiger partial charge in [-0.1, -0.05) is 12.1 Å². The monoisotopic (exact) mass is 616 g/mol. The Labute approximate surface area is 232 Å². The van der Waals surface area contributed by atoms with Crippen LogP contribution in [0.5, 0.6) is 5.75 Å². The topological polar surface area (TPSA) is 159 Å². The summed E-state index contributed by atoms with van der Waals surface area (Å²) in [6, 6.07) is 8.45. The van der Waals surface area contributed by atoms with Crippen LogP contribution in [0.3, 0.4) is 0 Å². The van der Waals surface area contributed by atoms with Gasteiger partial charge in [-0.3, -0.25) is 14.2 Å². The van der Waals surface area contributed by atoms with Crippen LogP contribution >= 0.6 is 15.9 Å². The fraction of sp³-hybridized carbons (Fsp3) is 0.261. The van der Waals surface area contributed by atoms with E-state index in [4.69, 9.17) is 13.6 Å². The van der Waals surface area contributed by atoms with E-state index in [-0.39, 0.29) is 23.5 Å². The fourth-order valence-electron chi connectivity index (χ4n) is 3.86. The molecule has 0 saturated carbocycles. The molecule has 1 aliphatic heterocycles. The molecule has 2 heterocycles. The van der Waals surface area contributed by atoms with Crippen molar-refractivity contribution in [3.63, 3.8) is 0 Å². The number of hydroxylamine groups is 1. The Bertz CT molecular complexity index is 1530. The minimum Gasteiger partial charge on any atom is -0.491 e. The van der Waals surface area contributed by atoms with E-state index in [2.05, 4.69) is 35.4 Å². The minimum absolute atomic E-state index is 0.134. The van der Waals surface area contributed by atoms with Crippen molar-refractivity contribution in [2.45, 2.75) is 12.6 Å². The van der Waals surface area contributed by atoms with Gasteiger partial charge < -0.3 is 19.9 Å². The Hall–Kier alpha value is -3.65. The van der Waals surface area contributed by atoms with E-state index < -0.39 is 39.3 Å². The molecule has 2 atom stereocenters. The number of carbonyl (C=O) groups is 1. The third-order valence-corrected chi connectivity index (χ3v) is 8.81. The van der Waals surface area contributed by atoms with Crippen molar-refractivity contribution in [3.05, 3.63) is 59.3 Å². The molecule has 0 spiro atoms. The SMILES string of the molecule is CONC(=O)c1ccc(Nc2ncc(C(F)(F)F)c(Nc3ccccc3P(=O)(OC)O[P+](=O)OC)n2)c2c1CCO2. The highest BCUT2D eigenvalue weighted by molar-refractivity contribution is 7.67. The van der Waals surface area contributed by atoms with Gasteiger partial charge in [0.05, 0.1) is 37.5 Å². The zero-order chi connectivity index (χ0) is 29.8. The van der Waals surface area contributed by atoms with Gasteiger partial charge in [-0.15, -0.1) is 4.52 Å². The summed E-state index contributed by atoms with van der Waals surface area (Å²) in [4.78, 5) is 24.8. The van der Waals surface area contributed by atoms with Crippen LogP contribution in [-0.4, -0.2) is 43.8 Å². The molecular formula is C23H23F3N5O8P2+. The number of halogens is 3. The second-order valence-electron chi connectivity index (χ2n) is 8.09. The molecule has 0 aliphatic carbocycles. The zero-order valence-corrected chi connectivity index (χ0v) is 23.4. The first-order valence-electron chi connectivity index (χ1n) is 11.6. The molecule has 3 aromatic rings. The first-order valence-corrected chi connectivity index (χ1v) is 14.2. The summed E-state index contributed by atoms with van der Waals surface area (Å²) >= 11 is 0. The van der Waals surface area contributed by atoms with Crippen molar-refractivity contribution in [3.8, 4) is 5.75 Å². The molecule has 218 valence electrons. The number of benzene rings is 2. The highest BCUT2D eigenvalue weighted by atomic mass is 31.2. The van der Waals surface area contributed by atoms with Crippen molar-refractivity contribution in [2.24, 2.45) is 0 Å². The van der Waals surface area contributed by atoms with Gasteiger partial charge in [0.1, 0.15) is 17.1 Å². The maximum absolute atomic E-state index is 13.9. The Balaban J connectivity index is 1.73. The summed E-state index contributed by atoms with van der Waals surface area (Å²) in [5, 5.41) is 5.12. The van der Waals surface area contributed by atoms with Gasteiger partial charge in [0, 0.05) is 35.4 Å². The van der Waals surface area contributed by atoms with Crippen LogP contribution < -0.4 is 26.2 Å². The normalized spacial score (nSPS) is 14.4. The van der Waals surface area contributed by atoms with Crippen LogP contribution in [0.2, 0.25) is 0 Å². The van der Waals surface area contributed by atoms with E-state index in [1.54, 1.807) is 0 Å². The van der Waals surface area contributed by atoms with Crippen molar-refractivity contribution >= 4 is 50.2 Å². The molecule has 0 fully saturated rings. The van der Waals surface area contributed by atoms with Gasteiger partial charge in [-0.25, -0.2) is 10.5 Å². The number of nitrogens with zero attached hydrogens (tertiary/aromatic N) is 2. The molecule has 3 N–H and O–H groups in total. The van der Waals surface area contributed by atoms with Crippen LogP contribution in [0.25, 0.3) is 0 Å². The molecule has 1 aliphatic rings. The first-order chi connectivity index (χ1) is 19.5. The lowest BCUT2D eigenvalue weighted by molar-refractivity contribution is -0.137. The molecule has 2 aromatic carbocycles. The van der Waals surface area contributed by atoms with E-state index >= 15 is 0 Å². The molecule has 1 amide bonds. The van der Waals surface area contributed by atoms with Crippen LogP contribution in [-0.2, 0) is 39.9 Å². The number of ether oxygens (including phenoxy) is 1. The number of para-hydroxylation sites is 1. The second kappa shape index (κ2) is 12.5. The molecule has 0 saturated heterocycles. The zero-order valence-electron chi connectivity index (χ0n) is 21.6. The number of hydrogen-bond donors (Lipinski definition) is 3. The standard InChI is InChI=1S/C23H22F3N5O8P2/c1-35-31-21(32)14-8-9-17(19-13(14)10-11-38-19)29-22-27-12-15(23(24,25)26)20(30-22)28-16-6-4-5-7-18(16)41(34,37-3)39-40(33)36-2/h4-9,12H,10-11H2,1-3H3,(H2-,27,28,29,30,31,32,34)/p+1. The van der Waals surface area contributed by atoms with E-state index in [0.717, 1.165) is 14.2 Å². The molecule has 41 heavy (non-hydrogen) atoms. The second-order valence-corrected chi connectivity index (χ2v) is 11.4. The van der Waals surface area contributed by atoms with Crippen LogP contribution in [0.4, 0.5) is 36.3 Å². The summed E-state index contributed by atoms with van der Waals surface area (Å²) in [6.45, 7) is 0.273. The smallest absolute Gasteiger partial charge is 0.491 e. The Morgan fingerprint density at radius 2 is 1.85 bits per heavy atom. The number of aromatic nitrogens is 2. The molecule has 2 unspecified atom stereocenters. The maximum Gasteiger partial charge on any atom is 0.706 e. The predicted molar refractivity (Wildman–Crippen MR) is 140 cm³/mol. The largest absolute Gasteiger partial charge is 0.706 e. The van der Waals surface area contributed by atoms with Crippen molar-refractivity contribution in [1.29, 1.82) is 0 Å². The average molecular weight is 616 g/mol. The Morgan fingerprint density at radius 1 is 1.10 bits per heavy atom. The molecular weight excluding hydrogens is 593 g/mol. The number of rotatable bonds is 11. The van der Waals surface area contributed by atoms with Gasteiger partial charge >= 0.3 is 22.0 Å². The molecule has 13 nitrogen and oxygen atoms in total. The first kappa shape index (κ1) is 30.3. The molecule has 0 bridgehead atoms. The highest BCUT2D eigenvalue weighted by Crippen LogP contribution is 2.55. The minimum atomic E-state index is -4.88. The molecule has 4 rings (SSSR count). The quantitative estimate of drug-likeness (QED) is 0.196. The third-order valence-electron chi connectivity index (χ3n) is 5.65. The van der Waals surface area contributed by atoms with Crippen molar-refractivity contribution in [2.75, 3.05) is 38.6 Å². The van der Waals surface area contributed by atoms with Crippen LogP contribution in [0.1, 0.15) is 21.5 Å². The number of fused-ring (bicyclic) bond motifs is 1. The lowest BCUT2D eigenvalue weighted by Crippen LogP contribution is -2.23. The van der Waals surface area contributed by atoms with Gasteiger partial charge in [0.2, 0.25) is 5.95 Å². The van der Waals surface area contributed by atoms with Crippen LogP contribution in [0, 0.1) is 0 Å². The Morgan fingerprint density at radius 3 is 2.54 bits per heavy atom. The third kappa shape index (κ3) is 6.64. The van der Waals surface area contributed by atoms with E-state index in [9.17, 15) is 27.1 Å². The average Bonchev–Trinajstić information content (AvgIpc) is 3.43. The summed E-state index contributed by atoms with van der Waals surface area (Å²) in [6.07, 6.45) is -3.90. The van der Waals surface area contributed by atoms with Gasteiger partial charge in [0.25, 0.3) is 5.91 Å². The summed E-state index contributed by atoms with van der Waals surface area (Å²) < 4.78 is 87.0. The molecule has 18 heteroatoms. The fourth-order valence-corrected chi connectivity index (χ4v) is 6.34. The number of hydrogen-bond acceptors (Lipinski definition) is 12. The molecule has 0 radical (unpaired) electrons. The van der Waals surface area contributed by atoms with Gasteiger partial charge in [-0.05, 0) is 28.6 Å². The number of alkyl halides is 3. The summed E-state index contributed by atoms with van der Waals surface area (Å²) in [5.74, 6) is -1.14. The maximum atomic E-state index is 13.9. The molecule has 1 aromatic heterocycles. The number of nitrogens with one attached hydrogen (secondary N) is 3. The highest BCUT2D eigenvalue weighted by Gasteiger charge is 2.41. The summed E-state index contributed by atoms with van der Waals surface area (Å²) in [7, 11) is -3.82. The summed E-state index contributed by atoms with van der Waals surface area (Å²) in [5.41, 5.74) is 2.03.